The lowest BCUT2D eigenvalue weighted by Crippen LogP contribution is -2.13. The van der Waals surface area contributed by atoms with Gasteiger partial charge in [0.2, 0.25) is 0 Å². The number of nitrogens with zero attached hydrogens (tertiary/aromatic N) is 3. The molecule has 0 bridgehead atoms. The van der Waals surface area contributed by atoms with Crippen molar-refractivity contribution < 1.29 is 14.5 Å². The molecule has 3 rings (SSSR count). The minimum atomic E-state index is -0.487. The second-order valence-corrected chi connectivity index (χ2v) is 6.09. The molecular formula is C20H19N3O4. The molecule has 0 amide bonds. The van der Waals surface area contributed by atoms with E-state index in [0.29, 0.717) is 22.6 Å². The van der Waals surface area contributed by atoms with Crippen LogP contribution in [0.5, 0.6) is 0 Å². The van der Waals surface area contributed by atoms with Gasteiger partial charge in [0.15, 0.2) is 5.69 Å². The van der Waals surface area contributed by atoms with Crippen LogP contribution in [0, 0.1) is 24.0 Å². The van der Waals surface area contributed by atoms with E-state index in [1.807, 2.05) is 38.1 Å². The van der Waals surface area contributed by atoms with Crippen molar-refractivity contribution >= 4 is 11.7 Å². The van der Waals surface area contributed by atoms with Crippen molar-refractivity contribution in [2.75, 3.05) is 6.61 Å². The number of esters is 1. The fourth-order valence-electron chi connectivity index (χ4n) is 2.82. The smallest absolute Gasteiger partial charge is 0.357 e. The number of hydrogen-bond acceptors (Lipinski definition) is 5. The van der Waals surface area contributed by atoms with E-state index in [4.69, 9.17) is 4.74 Å². The monoisotopic (exact) mass is 365 g/mol. The van der Waals surface area contributed by atoms with Crippen molar-refractivity contribution in [3.8, 4) is 16.9 Å². The predicted octanol–water partition coefficient (Wildman–Crippen LogP) is 4.24. The van der Waals surface area contributed by atoms with Gasteiger partial charge in [-0.05, 0) is 32.9 Å². The van der Waals surface area contributed by atoms with Gasteiger partial charge in [-0.1, -0.05) is 29.8 Å². The second kappa shape index (κ2) is 7.41. The first-order valence-electron chi connectivity index (χ1n) is 8.51. The molecule has 0 aliphatic rings. The zero-order valence-corrected chi connectivity index (χ0v) is 15.3. The first kappa shape index (κ1) is 18.3. The van der Waals surface area contributed by atoms with Crippen molar-refractivity contribution in [2.24, 2.45) is 0 Å². The van der Waals surface area contributed by atoms with E-state index in [2.05, 4.69) is 5.10 Å². The molecule has 1 heterocycles. The Kier molecular flexibility index (Phi) is 5.03. The van der Waals surface area contributed by atoms with E-state index in [1.54, 1.807) is 19.1 Å². The van der Waals surface area contributed by atoms with Crippen LogP contribution in [0.3, 0.4) is 0 Å². The molecule has 0 saturated carbocycles. The topological polar surface area (TPSA) is 87.3 Å². The number of hydrogen-bond donors (Lipinski definition) is 0. The van der Waals surface area contributed by atoms with Gasteiger partial charge in [-0.3, -0.25) is 10.1 Å². The van der Waals surface area contributed by atoms with E-state index in [1.165, 1.54) is 16.8 Å². The van der Waals surface area contributed by atoms with E-state index in [-0.39, 0.29) is 12.3 Å². The number of carbonyl (C=O) groups excluding carboxylic acids is 1. The van der Waals surface area contributed by atoms with Gasteiger partial charge in [0.1, 0.15) is 0 Å². The normalized spacial score (nSPS) is 10.6. The van der Waals surface area contributed by atoms with Crippen LogP contribution in [-0.4, -0.2) is 27.3 Å². The Bertz CT molecular complexity index is 989. The summed E-state index contributed by atoms with van der Waals surface area (Å²) in [5.74, 6) is -0.487. The van der Waals surface area contributed by atoms with E-state index < -0.39 is 10.9 Å². The molecule has 1 aromatic heterocycles. The van der Waals surface area contributed by atoms with Gasteiger partial charge in [0, 0.05) is 23.3 Å². The molecule has 0 fully saturated rings. The molecule has 27 heavy (non-hydrogen) atoms. The van der Waals surface area contributed by atoms with Gasteiger partial charge in [0.05, 0.1) is 22.9 Å². The summed E-state index contributed by atoms with van der Waals surface area (Å²) in [5, 5.41) is 15.5. The maximum atomic E-state index is 12.5. The quantitative estimate of drug-likeness (QED) is 0.383. The highest BCUT2D eigenvalue weighted by molar-refractivity contribution is 5.92. The van der Waals surface area contributed by atoms with Crippen LogP contribution < -0.4 is 0 Å². The van der Waals surface area contributed by atoms with Crippen LogP contribution in [0.15, 0.2) is 48.5 Å². The summed E-state index contributed by atoms with van der Waals surface area (Å²) < 4.78 is 6.67. The highest BCUT2D eigenvalue weighted by Crippen LogP contribution is 2.28. The van der Waals surface area contributed by atoms with Crippen molar-refractivity contribution in [1.82, 2.24) is 9.78 Å². The number of aryl methyl sites for hydroxylation is 1. The summed E-state index contributed by atoms with van der Waals surface area (Å²) in [7, 11) is 0. The third kappa shape index (κ3) is 3.57. The van der Waals surface area contributed by atoms with Gasteiger partial charge in [0.25, 0.3) is 5.69 Å². The van der Waals surface area contributed by atoms with Gasteiger partial charge >= 0.3 is 5.97 Å². The van der Waals surface area contributed by atoms with Crippen molar-refractivity contribution in [3.05, 3.63) is 75.5 Å². The summed E-state index contributed by atoms with van der Waals surface area (Å²) in [6, 6.07) is 13.7. The molecule has 0 aliphatic carbocycles. The summed E-state index contributed by atoms with van der Waals surface area (Å²) in [5.41, 5.74) is 4.18. The molecule has 0 aliphatic heterocycles. The van der Waals surface area contributed by atoms with Gasteiger partial charge in [-0.15, -0.1) is 0 Å². The molecule has 3 aromatic rings. The molecule has 0 N–H and O–H groups in total. The molecule has 7 heteroatoms. The Labute approximate surface area is 156 Å². The average molecular weight is 365 g/mol. The zero-order chi connectivity index (χ0) is 19.6. The summed E-state index contributed by atoms with van der Waals surface area (Å²) in [4.78, 5) is 23.0. The molecule has 0 spiro atoms. The largest absolute Gasteiger partial charge is 0.461 e. The third-order valence-corrected chi connectivity index (χ3v) is 4.22. The molecule has 2 aromatic carbocycles. The Morgan fingerprint density at radius 1 is 1.11 bits per heavy atom. The maximum Gasteiger partial charge on any atom is 0.357 e. The minimum absolute atomic E-state index is 0.0286. The Balaban J connectivity index is 2.16. The van der Waals surface area contributed by atoms with Gasteiger partial charge in [-0.25, -0.2) is 9.48 Å². The first-order chi connectivity index (χ1) is 12.9. The average Bonchev–Trinajstić information content (AvgIpc) is 3.00. The third-order valence-electron chi connectivity index (χ3n) is 4.22. The number of aromatic nitrogens is 2. The maximum absolute atomic E-state index is 12.5. The summed E-state index contributed by atoms with van der Waals surface area (Å²) in [6.45, 7) is 5.79. The molecule has 138 valence electrons. The first-order valence-corrected chi connectivity index (χ1v) is 8.51. The standard InChI is InChI=1S/C20H19N3O4/c1-4-27-20(24)19-14(3)18(15-7-5-13(2)6-8-15)21-22(19)16-9-11-17(12-10-16)23(25)26/h5-12H,4H2,1-3H3. The lowest BCUT2D eigenvalue weighted by molar-refractivity contribution is -0.384. The highest BCUT2D eigenvalue weighted by atomic mass is 16.6. The number of carbonyl (C=O) groups is 1. The van der Waals surface area contributed by atoms with E-state index >= 15 is 0 Å². The molecule has 0 radical (unpaired) electrons. The number of nitro groups is 1. The predicted molar refractivity (Wildman–Crippen MR) is 101 cm³/mol. The Hall–Kier alpha value is -3.48. The minimum Gasteiger partial charge on any atom is -0.461 e. The highest BCUT2D eigenvalue weighted by Gasteiger charge is 2.24. The van der Waals surface area contributed by atoms with Crippen molar-refractivity contribution in [3.63, 3.8) is 0 Å². The number of rotatable bonds is 5. The number of ether oxygens (including phenoxy) is 1. The van der Waals surface area contributed by atoms with Crippen LogP contribution in [0.1, 0.15) is 28.5 Å². The molecule has 0 saturated heterocycles. The lowest BCUT2D eigenvalue weighted by Gasteiger charge is -2.07. The lowest BCUT2D eigenvalue weighted by atomic mass is 10.1. The van der Waals surface area contributed by atoms with Crippen LogP contribution in [0.2, 0.25) is 0 Å². The van der Waals surface area contributed by atoms with Gasteiger partial charge in [-0.2, -0.15) is 5.10 Å². The Morgan fingerprint density at radius 3 is 2.30 bits per heavy atom. The van der Waals surface area contributed by atoms with Crippen LogP contribution in [-0.2, 0) is 4.74 Å². The van der Waals surface area contributed by atoms with E-state index in [9.17, 15) is 14.9 Å². The van der Waals surface area contributed by atoms with Gasteiger partial charge < -0.3 is 4.74 Å². The van der Waals surface area contributed by atoms with E-state index in [0.717, 1.165) is 11.1 Å². The number of benzene rings is 2. The Morgan fingerprint density at radius 2 is 1.74 bits per heavy atom. The van der Waals surface area contributed by atoms with Crippen LogP contribution in [0.4, 0.5) is 5.69 Å². The SMILES string of the molecule is CCOC(=O)c1c(C)c(-c2ccc(C)cc2)nn1-c1ccc([N+](=O)[O-])cc1. The summed E-state index contributed by atoms with van der Waals surface area (Å²) >= 11 is 0. The number of non-ortho nitro benzene ring substituents is 1. The molecular weight excluding hydrogens is 346 g/mol. The second-order valence-electron chi connectivity index (χ2n) is 6.09. The zero-order valence-electron chi connectivity index (χ0n) is 15.3. The number of nitro benzene ring substituents is 1. The fourth-order valence-corrected chi connectivity index (χ4v) is 2.82. The molecule has 7 nitrogen and oxygen atoms in total. The van der Waals surface area contributed by atoms with Crippen LogP contribution >= 0.6 is 0 Å². The summed E-state index contributed by atoms with van der Waals surface area (Å²) in [6.07, 6.45) is 0. The molecule has 0 atom stereocenters. The molecule has 0 unspecified atom stereocenters. The van der Waals surface area contributed by atoms with Crippen molar-refractivity contribution in [1.29, 1.82) is 0 Å². The van der Waals surface area contributed by atoms with Crippen molar-refractivity contribution in [2.45, 2.75) is 20.8 Å². The van der Waals surface area contributed by atoms with Crippen LogP contribution in [0.25, 0.3) is 16.9 Å². The fraction of sp³-hybridized carbons (Fsp3) is 0.200.